The zero-order chi connectivity index (χ0) is 10.1. The molecule has 0 fully saturated rings. The van der Waals surface area contributed by atoms with Crippen LogP contribution in [0.4, 0.5) is 5.69 Å². The third-order valence-corrected chi connectivity index (χ3v) is 2.63. The normalized spacial score (nSPS) is 16.2. The number of carbonyl (C=O) groups excluding carboxylic acids is 1. The Morgan fingerprint density at radius 2 is 2.07 bits per heavy atom. The molecule has 3 heteroatoms. The second-order valence-electron chi connectivity index (χ2n) is 3.81. The van der Waals surface area contributed by atoms with Crippen molar-refractivity contribution in [2.75, 3.05) is 5.73 Å². The number of carbonyl (C=O) groups is 1. The van der Waals surface area contributed by atoms with Crippen LogP contribution in [0.3, 0.4) is 0 Å². The number of pyridine rings is 1. The van der Waals surface area contributed by atoms with E-state index >= 15 is 0 Å². The van der Waals surface area contributed by atoms with E-state index in [1.165, 1.54) is 0 Å². The van der Waals surface area contributed by atoms with Gasteiger partial charge >= 0.3 is 0 Å². The maximum absolute atomic E-state index is 11.7. The van der Waals surface area contributed by atoms with Gasteiger partial charge in [-0.05, 0) is 32.3 Å². The SMILES string of the molecule is Cc1cc(N)c2c(n1)C(=O)CCCC2. The quantitative estimate of drug-likeness (QED) is 0.635. The number of ketones is 1. The molecule has 0 saturated carbocycles. The first-order valence-electron chi connectivity index (χ1n) is 4.97. The Balaban J connectivity index is 2.58. The molecule has 0 unspecified atom stereocenters. The zero-order valence-electron chi connectivity index (χ0n) is 8.34. The van der Waals surface area contributed by atoms with Gasteiger partial charge in [0.15, 0.2) is 5.78 Å². The predicted molar refractivity (Wildman–Crippen MR) is 55.3 cm³/mol. The van der Waals surface area contributed by atoms with Gasteiger partial charge in [-0.2, -0.15) is 0 Å². The third kappa shape index (κ3) is 1.50. The van der Waals surface area contributed by atoms with Crippen LogP contribution in [-0.2, 0) is 6.42 Å². The molecule has 1 heterocycles. The van der Waals surface area contributed by atoms with E-state index in [2.05, 4.69) is 4.98 Å². The summed E-state index contributed by atoms with van der Waals surface area (Å²) in [7, 11) is 0. The van der Waals surface area contributed by atoms with E-state index < -0.39 is 0 Å². The first-order chi connectivity index (χ1) is 6.68. The Kier molecular flexibility index (Phi) is 2.23. The first kappa shape index (κ1) is 9.19. The molecule has 3 nitrogen and oxygen atoms in total. The number of anilines is 1. The lowest BCUT2D eigenvalue weighted by atomic mass is 10.1. The molecule has 0 aromatic carbocycles. The van der Waals surface area contributed by atoms with Crippen LogP contribution in [0.25, 0.3) is 0 Å². The summed E-state index contributed by atoms with van der Waals surface area (Å²) in [4.78, 5) is 16.0. The number of aryl methyl sites for hydroxylation is 1. The highest BCUT2D eigenvalue weighted by atomic mass is 16.1. The van der Waals surface area contributed by atoms with Gasteiger partial charge in [0.25, 0.3) is 0 Å². The van der Waals surface area contributed by atoms with Crippen molar-refractivity contribution in [2.24, 2.45) is 0 Å². The van der Waals surface area contributed by atoms with E-state index in [4.69, 9.17) is 5.73 Å². The molecule has 0 saturated heterocycles. The monoisotopic (exact) mass is 190 g/mol. The summed E-state index contributed by atoms with van der Waals surface area (Å²) in [5.41, 5.74) is 9.00. The van der Waals surface area contributed by atoms with Crippen LogP contribution in [0.5, 0.6) is 0 Å². The number of nitrogen functional groups attached to an aromatic ring is 1. The molecule has 0 bridgehead atoms. The minimum atomic E-state index is 0.146. The van der Waals surface area contributed by atoms with Gasteiger partial charge in [-0.25, -0.2) is 4.98 Å². The molecule has 2 N–H and O–H groups in total. The van der Waals surface area contributed by atoms with E-state index in [-0.39, 0.29) is 5.78 Å². The first-order valence-corrected chi connectivity index (χ1v) is 4.97. The molecule has 0 amide bonds. The van der Waals surface area contributed by atoms with Crippen molar-refractivity contribution >= 4 is 11.5 Å². The molecule has 1 aromatic heterocycles. The van der Waals surface area contributed by atoms with Gasteiger partial charge in [-0.1, -0.05) is 0 Å². The number of rotatable bonds is 0. The number of hydrogen-bond donors (Lipinski definition) is 1. The summed E-state index contributed by atoms with van der Waals surface area (Å²) in [6, 6.07) is 1.84. The Labute approximate surface area is 83.3 Å². The van der Waals surface area contributed by atoms with Gasteiger partial charge in [0.1, 0.15) is 5.69 Å². The zero-order valence-corrected chi connectivity index (χ0v) is 8.34. The maximum Gasteiger partial charge on any atom is 0.181 e. The van der Waals surface area contributed by atoms with Gasteiger partial charge < -0.3 is 5.73 Å². The molecule has 0 spiro atoms. The van der Waals surface area contributed by atoms with Crippen molar-refractivity contribution in [2.45, 2.75) is 32.6 Å². The lowest BCUT2D eigenvalue weighted by Gasteiger charge is -2.08. The lowest BCUT2D eigenvalue weighted by Crippen LogP contribution is -2.08. The highest BCUT2D eigenvalue weighted by molar-refractivity contribution is 5.97. The molecular weight excluding hydrogens is 176 g/mol. The topological polar surface area (TPSA) is 56.0 Å². The Hall–Kier alpha value is -1.38. The summed E-state index contributed by atoms with van der Waals surface area (Å²) < 4.78 is 0. The third-order valence-electron chi connectivity index (χ3n) is 2.63. The van der Waals surface area contributed by atoms with Crippen LogP contribution in [0.1, 0.15) is 41.0 Å². The van der Waals surface area contributed by atoms with Crippen molar-refractivity contribution < 1.29 is 4.79 Å². The van der Waals surface area contributed by atoms with Gasteiger partial charge in [0.2, 0.25) is 0 Å². The van der Waals surface area contributed by atoms with E-state index in [1.807, 2.05) is 13.0 Å². The average molecular weight is 190 g/mol. The standard InChI is InChI=1S/C11H14N2O/c1-7-6-9(12)8-4-2-3-5-10(14)11(8)13-7/h6H,2-5H2,1H3,(H2,12,13). The van der Waals surface area contributed by atoms with Crippen LogP contribution in [0.15, 0.2) is 6.07 Å². The Morgan fingerprint density at radius 3 is 2.86 bits per heavy atom. The summed E-state index contributed by atoms with van der Waals surface area (Å²) in [5.74, 6) is 0.146. The molecule has 0 radical (unpaired) electrons. The van der Waals surface area contributed by atoms with Crippen LogP contribution >= 0.6 is 0 Å². The van der Waals surface area contributed by atoms with Crippen LogP contribution in [-0.4, -0.2) is 10.8 Å². The number of hydrogen-bond acceptors (Lipinski definition) is 3. The number of Topliss-reactive ketones (excluding diaryl/α,β-unsaturated/α-hetero) is 1. The molecule has 74 valence electrons. The van der Waals surface area contributed by atoms with Crippen molar-refractivity contribution in [1.29, 1.82) is 0 Å². The Morgan fingerprint density at radius 1 is 1.36 bits per heavy atom. The van der Waals surface area contributed by atoms with E-state index in [0.29, 0.717) is 12.1 Å². The largest absolute Gasteiger partial charge is 0.398 e. The maximum atomic E-state index is 11.7. The highest BCUT2D eigenvalue weighted by Crippen LogP contribution is 2.24. The van der Waals surface area contributed by atoms with E-state index in [1.54, 1.807) is 0 Å². The minimum absolute atomic E-state index is 0.146. The number of fused-ring (bicyclic) bond motifs is 1. The van der Waals surface area contributed by atoms with Crippen LogP contribution < -0.4 is 5.73 Å². The van der Waals surface area contributed by atoms with Gasteiger partial charge in [0.05, 0.1) is 0 Å². The molecular formula is C11H14N2O. The summed E-state index contributed by atoms with van der Waals surface area (Å²) in [5, 5.41) is 0. The number of nitrogens with zero attached hydrogens (tertiary/aromatic N) is 1. The molecule has 1 aliphatic carbocycles. The van der Waals surface area contributed by atoms with Crippen molar-refractivity contribution in [3.05, 3.63) is 23.0 Å². The van der Waals surface area contributed by atoms with Crippen LogP contribution in [0.2, 0.25) is 0 Å². The second-order valence-corrected chi connectivity index (χ2v) is 3.81. The fourth-order valence-electron chi connectivity index (χ4n) is 1.92. The molecule has 2 rings (SSSR count). The Bertz CT molecular complexity index is 385. The van der Waals surface area contributed by atoms with Crippen molar-refractivity contribution in [3.8, 4) is 0 Å². The highest BCUT2D eigenvalue weighted by Gasteiger charge is 2.19. The van der Waals surface area contributed by atoms with Crippen molar-refractivity contribution in [3.63, 3.8) is 0 Å². The van der Waals surface area contributed by atoms with Gasteiger partial charge in [-0.15, -0.1) is 0 Å². The molecule has 1 aliphatic rings. The van der Waals surface area contributed by atoms with E-state index in [0.717, 1.165) is 36.2 Å². The predicted octanol–water partition coefficient (Wildman–Crippen LogP) is 1.88. The summed E-state index contributed by atoms with van der Waals surface area (Å²) in [6.07, 6.45) is 3.49. The fourth-order valence-corrected chi connectivity index (χ4v) is 1.92. The van der Waals surface area contributed by atoms with E-state index in [9.17, 15) is 4.79 Å². The number of nitrogens with two attached hydrogens (primary N) is 1. The molecule has 1 aromatic rings. The molecule has 0 atom stereocenters. The van der Waals surface area contributed by atoms with Gasteiger partial charge in [0, 0.05) is 23.4 Å². The minimum Gasteiger partial charge on any atom is -0.398 e. The number of aromatic nitrogens is 1. The average Bonchev–Trinajstić information content (AvgIpc) is 2.29. The summed E-state index contributed by atoms with van der Waals surface area (Å²) >= 11 is 0. The fraction of sp³-hybridized carbons (Fsp3) is 0.455. The lowest BCUT2D eigenvalue weighted by molar-refractivity contribution is 0.0977. The second kappa shape index (κ2) is 3.40. The molecule has 0 aliphatic heterocycles. The summed E-state index contributed by atoms with van der Waals surface area (Å²) in [6.45, 7) is 1.87. The molecule has 14 heavy (non-hydrogen) atoms. The smallest absolute Gasteiger partial charge is 0.181 e. The van der Waals surface area contributed by atoms with Crippen molar-refractivity contribution in [1.82, 2.24) is 4.98 Å². The van der Waals surface area contributed by atoms with Crippen LogP contribution in [0, 0.1) is 6.92 Å². The van der Waals surface area contributed by atoms with Gasteiger partial charge in [-0.3, -0.25) is 4.79 Å².